The lowest BCUT2D eigenvalue weighted by Crippen LogP contribution is -2.72. The summed E-state index contributed by atoms with van der Waals surface area (Å²) in [7, 11) is 0. The van der Waals surface area contributed by atoms with Gasteiger partial charge in [-0.05, 0) is 61.4 Å². The van der Waals surface area contributed by atoms with Gasteiger partial charge in [-0.1, -0.05) is 6.07 Å². The molecule has 2 fully saturated rings. The van der Waals surface area contributed by atoms with Gasteiger partial charge in [-0.2, -0.15) is 0 Å². The predicted octanol–water partition coefficient (Wildman–Crippen LogP) is 1.57. The van der Waals surface area contributed by atoms with Gasteiger partial charge < -0.3 is 21.3 Å². The summed E-state index contributed by atoms with van der Waals surface area (Å²) in [5, 5.41) is 14.5. The molecule has 2 aliphatic heterocycles. The van der Waals surface area contributed by atoms with Crippen molar-refractivity contribution >= 4 is 29.1 Å². The highest BCUT2D eigenvalue weighted by Gasteiger charge is 2.48. The lowest BCUT2D eigenvalue weighted by Gasteiger charge is -2.43. The Morgan fingerprint density at radius 2 is 1.68 bits per heavy atom. The van der Waals surface area contributed by atoms with Gasteiger partial charge >= 0.3 is 0 Å². The third-order valence-corrected chi connectivity index (χ3v) is 5.43. The average Bonchev–Trinajstić information content (AvgIpc) is 2.68. The van der Waals surface area contributed by atoms with Gasteiger partial charge in [0.1, 0.15) is 5.82 Å². The van der Waals surface area contributed by atoms with E-state index in [-0.39, 0.29) is 30.0 Å². The van der Waals surface area contributed by atoms with E-state index >= 15 is 0 Å². The summed E-state index contributed by atoms with van der Waals surface area (Å²) in [6.07, 6.45) is -1.49. The second-order valence-electron chi connectivity index (χ2n) is 8.01. The summed E-state index contributed by atoms with van der Waals surface area (Å²) >= 11 is 0. The number of amides is 3. The molecule has 0 spiro atoms. The third-order valence-electron chi connectivity index (χ3n) is 5.43. The molecule has 162 valence electrons. The van der Waals surface area contributed by atoms with E-state index in [0.717, 1.165) is 11.1 Å². The van der Waals surface area contributed by atoms with E-state index in [1.165, 1.54) is 24.3 Å². The van der Waals surface area contributed by atoms with Crippen LogP contribution in [0, 0.1) is 31.5 Å². The van der Waals surface area contributed by atoms with Gasteiger partial charge in [0.05, 0.1) is 18.0 Å². The van der Waals surface area contributed by atoms with Crippen LogP contribution in [0.4, 0.5) is 15.8 Å². The van der Waals surface area contributed by atoms with E-state index in [0.29, 0.717) is 11.4 Å². The first-order chi connectivity index (χ1) is 14.8. The molecule has 2 aliphatic rings. The molecule has 3 amide bonds. The molecule has 4 atom stereocenters. The summed E-state index contributed by atoms with van der Waals surface area (Å²) in [4.78, 5) is 38.2. The normalized spacial score (nSPS) is 25.1. The number of halogens is 1. The number of piperidine rings is 1. The number of carbonyl (C=O) groups is 3. The standard InChI is InChI=1S/C22H24FN5O3/c1-11-7-12(2)9-15(8-11)24-20(30)16-10-17(29)26-19-18(16)21(31)28-22(27-19)25-14-5-3-13(23)4-6-14/h3-9,16,18-19,22,25,27H,10H2,1-2H3,(H,24,30)(H,26,29)(H,28,31). The van der Waals surface area contributed by atoms with Crippen LogP contribution in [0.15, 0.2) is 42.5 Å². The van der Waals surface area contributed by atoms with Crippen molar-refractivity contribution in [1.82, 2.24) is 16.0 Å². The van der Waals surface area contributed by atoms with Crippen LogP contribution >= 0.6 is 0 Å². The fourth-order valence-electron chi connectivity index (χ4n) is 4.15. The first kappa shape index (κ1) is 20.8. The zero-order chi connectivity index (χ0) is 22.1. The molecule has 4 unspecified atom stereocenters. The molecule has 0 aliphatic carbocycles. The number of hydrogen-bond donors (Lipinski definition) is 5. The van der Waals surface area contributed by atoms with Crippen LogP contribution in [0.2, 0.25) is 0 Å². The molecule has 0 saturated carbocycles. The third kappa shape index (κ3) is 4.66. The topological polar surface area (TPSA) is 111 Å². The van der Waals surface area contributed by atoms with Crippen LogP contribution in [0.1, 0.15) is 17.5 Å². The molecule has 2 aromatic rings. The smallest absolute Gasteiger partial charge is 0.229 e. The van der Waals surface area contributed by atoms with Crippen LogP contribution in [0.3, 0.4) is 0 Å². The van der Waals surface area contributed by atoms with Crippen LogP contribution in [-0.2, 0) is 14.4 Å². The minimum absolute atomic E-state index is 0.0804. The monoisotopic (exact) mass is 425 g/mol. The molecule has 31 heavy (non-hydrogen) atoms. The van der Waals surface area contributed by atoms with Crippen LogP contribution in [0.25, 0.3) is 0 Å². The Labute approximate surface area is 179 Å². The Morgan fingerprint density at radius 1 is 1.00 bits per heavy atom. The summed E-state index contributed by atoms with van der Waals surface area (Å²) in [6, 6.07) is 11.3. The SMILES string of the molecule is Cc1cc(C)cc(NC(=O)C2CC(=O)NC3NC(Nc4ccc(F)cc4)NC(=O)C32)c1. The fourth-order valence-corrected chi connectivity index (χ4v) is 4.15. The number of anilines is 2. The maximum absolute atomic E-state index is 13.1. The van der Waals surface area contributed by atoms with Crippen LogP contribution in [0.5, 0.6) is 0 Å². The molecular weight excluding hydrogens is 401 g/mol. The Kier molecular flexibility index (Phi) is 5.60. The molecule has 9 heteroatoms. The van der Waals surface area contributed by atoms with Crippen molar-refractivity contribution in [3.8, 4) is 0 Å². The van der Waals surface area contributed by atoms with E-state index < -0.39 is 24.3 Å². The Bertz CT molecular complexity index is 1010. The van der Waals surface area contributed by atoms with Gasteiger partial charge in [0, 0.05) is 17.8 Å². The second-order valence-corrected chi connectivity index (χ2v) is 8.01. The van der Waals surface area contributed by atoms with Crippen LogP contribution < -0.4 is 26.6 Å². The van der Waals surface area contributed by atoms with Gasteiger partial charge in [-0.3, -0.25) is 19.7 Å². The average molecular weight is 425 g/mol. The highest BCUT2D eigenvalue weighted by Crippen LogP contribution is 2.28. The van der Waals surface area contributed by atoms with E-state index in [9.17, 15) is 18.8 Å². The zero-order valence-electron chi connectivity index (χ0n) is 17.2. The number of hydrogen-bond acceptors (Lipinski definition) is 5. The quantitative estimate of drug-likeness (QED) is 0.511. The fraction of sp³-hybridized carbons (Fsp3) is 0.318. The van der Waals surface area contributed by atoms with E-state index in [1.807, 2.05) is 32.0 Å². The van der Waals surface area contributed by atoms with Crippen LogP contribution in [-0.4, -0.2) is 30.2 Å². The van der Waals surface area contributed by atoms with Crippen molar-refractivity contribution in [3.05, 3.63) is 59.4 Å². The molecule has 5 N–H and O–H groups in total. The summed E-state index contributed by atoms with van der Waals surface area (Å²) < 4.78 is 13.1. The number of nitrogens with one attached hydrogen (secondary N) is 5. The van der Waals surface area contributed by atoms with E-state index in [2.05, 4.69) is 26.6 Å². The highest BCUT2D eigenvalue weighted by atomic mass is 19.1. The Hall–Kier alpha value is -3.46. The zero-order valence-corrected chi connectivity index (χ0v) is 17.2. The largest absolute Gasteiger partial charge is 0.353 e. The van der Waals surface area contributed by atoms with Gasteiger partial charge in [0.25, 0.3) is 0 Å². The minimum atomic E-state index is -0.821. The predicted molar refractivity (Wildman–Crippen MR) is 113 cm³/mol. The Morgan fingerprint density at radius 3 is 2.35 bits per heavy atom. The summed E-state index contributed by atoms with van der Waals surface area (Å²) in [5.74, 6) is -3.01. The number of benzene rings is 2. The molecule has 8 nitrogen and oxygen atoms in total. The van der Waals surface area contributed by atoms with Gasteiger partial charge in [0.15, 0.2) is 6.29 Å². The van der Waals surface area contributed by atoms with Crippen molar-refractivity contribution in [2.45, 2.75) is 32.7 Å². The molecule has 2 saturated heterocycles. The highest BCUT2D eigenvalue weighted by molar-refractivity contribution is 6.00. The molecule has 0 radical (unpaired) electrons. The first-order valence-electron chi connectivity index (χ1n) is 10.1. The van der Waals surface area contributed by atoms with Gasteiger partial charge in [-0.25, -0.2) is 4.39 Å². The van der Waals surface area contributed by atoms with Crippen molar-refractivity contribution in [2.75, 3.05) is 10.6 Å². The molecule has 0 aromatic heterocycles. The van der Waals surface area contributed by atoms with Gasteiger partial charge in [-0.15, -0.1) is 0 Å². The van der Waals surface area contributed by atoms with E-state index in [4.69, 9.17) is 0 Å². The van der Waals surface area contributed by atoms with Crippen molar-refractivity contribution in [2.24, 2.45) is 11.8 Å². The molecular formula is C22H24FN5O3. The van der Waals surface area contributed by atoms with Crippen molar-refractivity contribution in [3.63, 3.8) is 0 Å². The lowest BCUT2D eigenvalue weighted by molar-refractivity contribution is -0.144. The number of aryl methyl sites for hydroxylation is 2. The molecule has 2 aromatic carbocycles. The maximum atomic E-state index is 13.1. The molecule has 2 heterocycles. The summed E-state index contributed by atoms with van der Waals surface area (Å²) in [5.41, 5.74) is 3.22. The van der Waals surface area contributed by atoms with Gasteiger partial charge in [0.2, 0.25) is 17.7 Å². The maximum Gasteiger partial charge on any atom is 0.229 e. The second kappa shape index (κ2) is 8.35. The minimum Gasteiger partial charge on any atom is -0.353 e. The number of rotatable bonds is 4. The van der Waals surface area contributed by atoms with Crippen molar-refractivity contribution < 1.29 is 18.8 Å². The van der Waals surface area contributed by atoms with Crippen molar-refractivity contribution in [1.29, 1.82) is 0 Å². The molecule has 0 bridgehead atoms. The summed E-state index contributed by atoms with van der Waals surface area (Å²) in [6.45, 7) is 3.86. The lowest BCUT2D eigenvalue weighted by atomic mass is 9.81. The Balaban J connectivity index is 1.48. The number of carbonyl (C=O) groups excluding carboxylic acids is 3. The molecule has 4 rings (SSSR count). The first-order valence-corrected chi connectivity index (χ1v) is 10.1. The number of fused-ring (bicyclic) bond motifs is 1. The van der Waals surface area contributed by atoms with E-state index in [1.54, 1.807) is 0 Å².